The minimum Gasteiger partial charge on any atom is -0.493 e. The number of thiophene rings is 1. The van der Waals surface area contributed by atoms with Gasteiger partial charge in [0.25, 0.3) is 0 Å². The van der Waals surface area contributed by atoms with Crippen LogP contribution in [0.3, 0.4) is 0 Å². The summed E-state index contributed by atoms with van der Waals surface area (Å²) in [7, 11) is 3.94. The lowest BCUT2D eigenvalue weighted by molar-refractivity contribution is -0.111. The second-order valence-corrected chi connectivity index (χ2v) is 11.8. The molecule has 0 saturated heterocycles. The zero-order valence-electron chi connectivity index (χ0n) is 22.4. The summed E-state index contributed by atoms with van der Waals surface area (Å²) < 4.78 is 24.7. The van der Waals surface area contributed by atoms with Crippen molar-refractivity contribution >= 4 is 48.6 Å². The van der Waals surface area contributed by atoms with Crippen molar-refractivity contribution in [1.29, 1.82) is 5.26 Å². The van der Waals surface area contributed by atoms with Gasteiger partial charge in [0.1, 0.15) is 16.8 Å². The number of nitriles is 1. The Morgan fingerprint density at radius 3 is 2.36 bits per heavy atom. The van der Waals surface area contributed by atoms with Crippen LogP contribution in [0, 0.1) is 11.3 Å². The van der Waals surface area contributed by atoms with Gasteiger partial charge in [0.05, 0.1) is 51.2 Å². The van der Waals surface area contributed by atoms with Crippen molar-refractivity contribution in [2.24, 2.45) is 0 Å². The molecule has 10 heteroatoms. The van der Waals surface area contributed by atoms with Gasteiger partial charge in [-0.3, -0.25) is 4.79 Å². The van der Waals surface area contributed by atoms with E-state index in [0.29, 0.717) is 68.2 Å². The number of hydrogen-bond acceptors (Lipinski definition) is 8. The zero-order valence-corrected chi connectivity index (χ0v) is 24.0. The second kappa shape index (κ2) is 10.8. The van der Waals surface area contributed by atoms with Crippen LogP contribution in [0.2, 0.25) is 0 Å². The van der Waals surface area contributed by atoms with Gasteiger partial charge in [0.2, 0.25) is 10.9 Å². The van der Waals surface area contributed by atoms with Crippen LogP contribution in [0.5, 0.6) is 17.2 Å². The number of nitrogens with zero attached hydrogens (tertiary/aromatic N) is 2. The van der Waals surface area contributed by atoms with Gasteiger partial charge < -0.3 is 29.2 Å². The number of aromatic nitrogens is 1. The van der Waals surface area contributed by atoms with E-state index in [-0.39, 0.29) is 11.7 Å². The molecule has 1 atom stereocenters. The maximum absolute atomic E-state index is 13.4. The molecule has 1 unspecified atom stereocenters. The topological polar surface area (TPSA) is 109 Å². The molecule has 2 aromatic heterocycles. The van der Waals surface area contributed by atoms with E-state index in [2.05, 4.69) is 6.07 Å². The normalized spacial score (nSPS) is 14.8. The highest BCUT2D eigenvalue weighted by Crippen LogP contribution is 2.48. The Balaban J connectivity index is 1.96. The molecule has 39 heavy (non-hydrogen) atoms. The number of nitrogen functional groups attached to an aromatic ring is 1. The Labute approximate surface area is 233 Å². The molecule has 0 bridgehead atoms. The molecule has 0 radical (unpaired) electrons. The van der Waals surface area contributed by atoms with Crippen LogP contribution in [0.4, 0.5) is 5.69 Å². The van der Waals surface area contributed by atoms with Crippen molar-refractivity contribution in [3.05, 3.63) is 47.0 Å². The van der Waals surface area contributed by atoms with Crippen LogP contribution in [0.25, 0.3) is 32.5 Å². The van der Waals surface area contributed by atoms with Crippen molar-refractivity contribution in [2.45, 2.75) is 20.4 Å². The van der Waals surface area contributed by atoms with Gasteiger partial charge in [-0.1, -0.05) is 23.5 Å². The van der Waals surface area contributed by atoms with E-state index >= 15 is 0 Å². The third kappa shape index (κ3) is 4.18. The average molecular weight is 564 g/mol. The number of methoxy groups -OCH3 is 3. The summed E-state index contributed by atoms with van der Waals surface area (Å²) in [6.07, 6.45) is 0. The summed E-state index contributed by atoms with van der Waals surface area (Å²) in [5.41, 5.74) is 11.4. The number of ether oxygens (including phenoxy) is 4. The third-order valence-electron chi connectivity index (χ3n) is 6.78. The zero-order chi connectivity index (χ0) is 27.8. The maximum Gasteiger partial charge on any atom is 0.205 e. The van der Waals surface area contributed by atoms with Crippen LogP contribution < -0.4 is 19.9 Å². The van der Waals surface area contributed by atoms with Gasteiger partial charge in [-0.2, -0.15) is 5.26 Å². The summed E-state index contributed by atoms with van der Waals surface area (Å²) in [5.74, 6) is 2.03. The molecule has 3 heterocycles. The number of carbonyl (C=O) groups is 1. The molecule has 202 valence electrons. The van der Waals surface area contributed by atoms with Crippen molar-refractivity contribution < 1.29 is 23.7 Å². The average Bonchev–Trinajstić information content (AvgIpc) is 3.59. The van der Waals surface area contributed by atoms with Gasteiger partial charge in [-0.05, 0) is 47.9 Å². The molecule has 1 aliphatic heterocycles. The molecule has 4 aromatic rings. The Hall–Kier alpha value is -3.78. The molecule has 5 rings (SSSR count). The molecule has 0 spiro atoms. The fourth-order valence-corrected chi connectivity index (χ4v) is 7.70. The molecule has 0 fully saturated rings. The van der Waals surface area contributed by atoms with E-state index in [1.165, 1.54) is 0 Å². The number of hydrogen-bond donors (Lipinski definition) is 1. The highest BCUT2D eigenvalue weighted by atomic mass is 32.2. The first-order chi connectivity index (χ1) is 18.9. The first-order valence-corrected chi connectivity index (χ1v) is 14.7. The Morgan fingerprint density at radius 2 is 1.82 bits per heavy atom. The first-order valence-electron chi connectivity index (χ1n) is 12.4. The monoisotopic (exact) mass is 563 g/mol. The van der Waals surface area contributed by atoms with Crippen molar-refractivity contribution in [3.63, 3.8) is 0 Å². The quantitative estimate of drug-likeness (QED) is 0.281. The molecule has 2 aromatic carbocycles. The lowest BCUT2D eigenvalue weighted by Crippen LogP contribution is -2.26. The van der Waals surface area contributed by atoms with Gasteiger partial charge >= 0.3 is 0 Å². The summed E-state index contributed by atoms with van der Waals surface area (Å²) in [4.78, 5) is 14.3. The Morgan fingerprint density at radius 1 is 1.10 bits per heavy atom. The number of carbonyl (C=O) groups excluding carboxylic acids is 1. The van der Waals surface area contributed by atoms with E-state index in [9.17, 15) is 10.1 Å². The van der Waals surface area contributed by atoms with Crippen LogP contribution in [0.1, 0.15) is 25.1 Å². The predicted molar refractivity (Wildman–Crippen MR) is 158 cm³/mol. The SMILES string of the molecule is CCOC1=S(CC)C(=O)Cn2c1c(N)c1c(-c3cccs3)cc(-c3cc(OC)c(OC)c(OC)c3)c(C#N)c12. The van der Waals surface area contributed by atoms with Crippen molar-refractivity contribution in [1.82, 2.24) is 4.57 Å². The van der Waals surface area contributed by atoms with Gasteiger partial charge in [-0.15, -0.1) is 11.3 Å². The van der Waals surface area contributed by atoms with Crippen LogP contribution in [-0.4, -0.2) is 48.4 Å². The predicted octanol–water partition coefficient (Wildman–Crippen LogP) is 5.86. The van der Waals surface area contributed by atoms with E-state index < -0.39 is 10.5 Å². The standard InChI is InChI=1S/C29H29N3O5S2/c1-6-37-29-27-25(31)24-18(22-9-8-10-38-22)13-17(16-11-20(34-3)28(36-5)21(12-16)35-4)19(14-30)26(24)32(27)15-23(33)39(29)7-2/h8-13H,6-7,15,31H2,1-5H3. The van der Waals surface area contributed by atoms with Crippen molar-refractivity contribution in [2.75, 3.05) is 39.4 Å². The van der Waals surface area contributed by atoms with Gasteiger partial charge in [0, 0.05) is 21.4 Å². The molecule has 0 amide bonds. The van der Waals surface area contributed by atoms with E-state index in [4.69, 9.17) is 24.7 Å². The molecule has 2 N–H and O–H groups in total. The summed E-state index contributed by atoms with van der Waals surface area (Å²) in [6.45, 7) is 4.40. The maximum atomic E-state index is 13.4. The smallest absolute Gasteiger partial charge is 0.205 e. The third-order valence-corrected chi connectivity index (χ3v) is 9.70. The van der Waals surface area contributed by atoms with Gasteiger partial charge in [0.15, 0.2) is 11.5 Å². The lowest BCUT2D eigenvalue weighted by Gasteiger charge is -2.23. The fourth-order valence-electron chi connectivity index (χ4n) is 5.16. The number of benzene rings is 2. The van der Waals surface area contributed by atoms with Crippen LogP contribution in [-0.2, 0) is 16.1 Å². The lowest BCUT2D eigenvalue weighted by atomic mass is 9.93. The Kier molecular flexibility index (Phi) is 7.40. The minimum atomic E-state index is -0.711. The second-order valence-electron chi connectivity index (χ2n) is 8.69. The summed E-state index contributed by atoms with van der Waals surface area (Å²) in [5, 5.41) is 14.0. The highest BCUT2D eigenvalue weighted by molar-refractivity contribution is 8.28. The minimum absolute atomic E-state index is 0.0603. The number of fused-ring (bicyclic) bond motifs is 3. The molecular weight excluding hydrogens is 534 g/mol. The molecule has 0 aliphatic carbocycles. The summed E-state index contributed by atoms with van der Waals surface area (Å²) in [6, 6.07) is 12.0. The summed E-state index contributed by atoms with van der Waals surface area (Å²) >= 11 is 1.58. The Bertz CT molecular complexity index is 1650. The van der Waals surface area contributed by atoms with Crippen LogP contribution >= 0.6 is 21.8 Å². The molecule has 8 nitrogen and oxygen atoms in total. The first kappa shape index (κ1) is 26.8. The number of anilines is 1. The highest BCUT2D eigenvalue weighted by Gasteiger charge is 2.33. The van der Waals surface area contributed by atoms with Gasteiger partial charge in [-0.25, -0.2) is 0 Å². The molecular formula is C29H29N3O5S2. The van der Waals surface area contributed by atoms with E-state index in [1.54, 1.807) is 32.7 Å². The fraction of sp³-hybridized carbons (Fsp3) is 0.276. The number of rotatable bonds is 7. The molecule has 1 aliphatic rings. The van der Waals surface area contributed by atoms with E-state index in [1.807, 2.05) is 54.1 Å². The number of nitrogens with two attached hydrogens (primary N) is 1. The van der Waals surface area contributed by atoms with E-state index in [0.717, 1.165) is 15.8 Å². The molecule has 0 saturated carbocycles. The largest absolute Gasteiger partial charge is 0.493 e. The van der Waals surface area contributed by atoms with Crippen LogP contribution in [0.15, 0.2) is 35.7 Å². The van der Waals surface area contributed by atoms with Crippen molar-refractivity contribution in [3.8, 4) is 44.9 Å².